The summed E-state index contributed by atoms with van der Waals surface area (Å²) in [6.45, 7) is 4.57. The predicted molar refractivity (Wildman–Crippen MR) is 84.9 cm³/mol. The molecule has 21 heavy (non-hydrogen) atoms. The summed E-state index contributed by atoms with van der Waals surface area (Å²) in [4.78, 5) is 25.5. The van der Waals surface area contributed by atoms with Crippen LogP contribution in [-0.2, 0) is 9.59 Å². The van der Waals surface area contributed by atoms with Gasteiger partial charge < -0.3 is 16.4 Å². The van der Waals surface area contributed by atoms with Crippen LogP contribution < -0.4 is 16.4 Å². The van der Waals surface area contributed by atoms with Gasteiger partial charge in [-0.3, -0.25) is 14.5 Å². The second-order valence-electron chi connectivity index (χ2n) is 5.02. The van der Waals surface area contributed by atoms with Crippen LogP contribution in [0.5, 0.6) is 0 Å². The molecule has 0 heterocycles. The van der Waals surface area contributed by atoms with Crippen LogP contribution in [0.15, 0.2) is 24.3 Å². The summed E-state index contributed by atoms with van der Waals surface area (Å²) in [5, 5.41) is 5.55. The van der Waals surface area contributed by atoms with E-state index in [0.29, 0.717) is 17.9 Å². The van der Waals surface area contributed by atoms with Gasteiger partial charge in [0.15, 0.2) is 0 Å². The monoisotopic (exact) mass is 292 g/mol. The van der Waals surface area contributed by atoms with Crippen molar-refractivity contribution >= 4 is 23.2 Å². The number of hydrogen-bond acceptors (Lipinski definition) is 4. The number of benzene rings is 1. The number of para-hydroxylation sites is 2. The molecule has 1 rings (SSSR count). The minimum absolute atomic E-state index is 0.0850. The minimum Gasteiger partial charge on any atom is -0.397 e. The molecule has 0 aromatic heterocycles. The fraction of sp³-hybridized carbons (Fsp3) is 0.467. The first-order valence-electron chi connectivity index (χ1n) is 7.08. The van der Waals surface area contributed by atoms with E-state index in [1.165, 1.54) is 0 Å². The van der Waals surface area contributed by atoms with Crippen LogP contribution in [0.4, 0.5) is 11.4 Å². The third kappa shape index (κ3) is 5.43. The average molecular weight is 292 g/mol. The molecular formula is C15H24N4O2. The normalized spacial score (nSPS) is 12.0. The molecule has 1 aromatic carbocycles. The summed E-state index contributed by atoms with van der Waals surface area (Å²) in [6.07, 6.45) is 0.888. The van der Waals surface area contributed by atoms with Gasteiger partial charge in [0, 0.05) is 6.54 Å². The maximum atomic E-state index is 12.2. The highest BCUT2D eigenvalue weighted by atomic mass is 16.2. The smallest absolute Gasteiger partial charge is 0.241 e. The van der Waals surface area contributed by atoms with Crippen LogP contribution in [0.1, 0.15) is 20.3 Å². The summed E-state index contributed by atoms with van der Waals surface area (Å²) in [6, 6.07) is 6.64. The quantitative estimate of drug-likeness (QED) is 0.656. The number of nitrogens with one attached hydrogen (secondary N) is 2. The Morgan fingerprint density at radius 1 is 1.33 bits per heavy atom. The maximum absolute atomic E-state index is 12.2. The van der Waals surface area contributed by atoms with Gasteiger partial charge in [0.2, 0.25) is 11.8 Å². The fourth-order valence-corrected chi connectivity index (χ4v) is 1.73. The number of likely N-dealkylation sites (N-methyl/N-ethyl adjacent to an activating group) is 1. The van der Waals surface area contributed by atoms with Crippen LogP contribution >= 0.6 is 0 Å². The number of rotatable bonds is 7. The van der Waals surface area contributed by atoms with Crippen molar-refractivity contribution in [1.82, 2.24) is 10.2 Å². The van der Waals surface area contributed by atoms with Gasteiger partial charge in [-0.15, -0.1) is 0 Å². The van der Waals surface area contributed by atoms with E-state index < -0.39 is 6.04 Å². The van der Waals surface area contributed by atoms with Crippen molar-refractivity contribution in [3.63, 3.8) is 0 Å². The van der Waals surface area contributed by atoms with Crippen LogP contribution in [0.3, 0.4) is 0 Å². The standard InChI is InChI=1S/C15H24N4O2/c1-4-9-17-14(20)10-19(3)11(2)15(21)18-13-8-6-5-7-12(13)16/h5-8,11H,4,9-10,16H2,1-3H3,(H,17,20)(H,18,21). The van der Waals surface area contributed by atoms with E-state index in [4.69, 9.17) is 5.73 Å². The Bertz CT molecular complexity index is 490. The molecule has 0 saturated carbocycles. The molecule has 0 aliphatic heterocycles. The van der Waals surface area contributed by atoms with Gasteiger partial charge in [-0.05, 0) is 32.5 Å². The van der Waals surface area contributed by atoms with Crippen LogP contribution in [-0.4, -0.2) is 42.9 Å². The molecule has 0 aliphatic carbocycles. The number of nitrogens with two attached hydrogens (primary N) is 1. The van der Waals surface area contributed by atoms with Crippen molar-refractivity contribution < 1.29 is 9.59 Å². The van der Waals surface area contributed by atoms with Gasteiger partial charge in [0.25, 0.3) is 0 Å². The summed E-state index contributed by atoms with van der Waals surface area (Å²) < 4.78 is 0. The van der Waals surface area contributed by atoms with Crippen molar-refractivity contribution in [2.24, 2.45) is 0 Å². The molecule has 4 N–H and O–H groups in total. The summed E-state index contributed by atoms with van der Waals surface area (Å²) in [5.41, 5.74) is 6.89. The van der Waals surface area contributed by atoms with Crippen LogP contribution in [0, 0.1) is 0 Å². The Kier molecular flexibility index (Phi) is 6.68. The zero-order valence-electron chi connectivity index (χ0n) is 12.8. The number of nitrogen functional groups attached to an aromatic ring is 1. The molecule has 0 bridgehead atoms. The Morgan fingerprint density at radius 2 is 2.00 bits per heavy atom. The maximum Gasteiger partial charge on any atom is 0.241 e. The molecule has 1 atom stereocenters. The zero-order valence-corrected chi connectivity index (χ0v) is 12.8. The number of anilines is 2. The lowest BCUT2D eigenvalue weighted by atomic mass is 10.2. The predicted octanol–water partition coefficient (Wildman–Crippen LogP) is 1.05. The summed E-state index contributed by atoms with van der Waals surface area (Å²) in [7, 11) is 1.74. The van der Waals surface area contributed by atoms with Gasteiger partial charge in [0.1, 0.15) is 0 Å². The van der Waals surface area contributed by atoms with Gasteiger partial charge >= 0.3 is 0 Å². The minimum atomic E-state index is -0.433. The second-order valence-corrected chi connectivity index (χ2v) is 5.02. The lowest BCUT2D eigenvalue weighted by molar-refractivity contribution is -0.124. The van der Waals surface area contributed by atoms with Crippen LogP contribution in [0.25, 0.3) is 0 Å². The number of carbonyl (C=O) groups excluding carboxylic acids is 2. The van der Waals surface area contributed by atoms with Gasteiger partial charge in [-0.2, -0.15) is 0 Å². The molecule has 0 fully saturated rings. The number of amides is 2. The Hall–Kier alpha value is -2.08. The third-order valence-electron chi connectivity index (χ3n) is 3.22. The van der Waals surface area contributed by atoms with E-state index in [9.17, 15) is 9.59 Å². The number of nitrogens with zero attached hydrogens (tertiary/aromatic N) is 1. The van der Waals surface area contributed by atoms with E-state index in [1.807, 2.05) is 6.92 Å². The van der Waals surface area contributed by atoms with E-state index in [0.717, 1.165) is 6.42 Å². The molecule has 0 aliphatic rings. The molecular weight excluding hydrogens is 268 g/mol. The first-order chi connectivity index (χ1) is 9.95. The van der Waals surface area contributed by atoms with E-state index in [1.54, 1.807) is 43.1 Å². The van der Waals surface area contributed by atoms with Crippen molar-refractivity contribution in [2.75, 3.05) is 31.2 Å². The number of hydrogen-bond donors (Lipinski definition) is 3. The highest BCUT2D eigenvalue weighted by Crippen LogP contribution is 2.17. The SMILES string of the molecule is CCCNC(=O)CN(C)C(C)C(=O)Nc1ccccc1N. The molecule has 116 valence electrons. The summed E-state index contributed by atoms with van der Waals surface area (Å²) in [5.74, 6) is -0.281. The highest BCUT2D eigenvalue weighted by Gasteiger charge is 2.20. The van der Waals surface area contributed by atoms with E-state index >= 15 is 0 Å². The first-order valence-corrected chi connectivity index (χ1v) is 7.08. The molecule has 6 nitrogen and oxygen atoms in total. The van der Waals surface area contributed by atoms with Crippen molar-refractivity contribution in [1.29, 1.82) is 0 Å². The van der Waals surface area contributed by atoms with E-state index in [-0.39, 0.29) is 18.4 Å². The van der Waals surface area contributed by atoms with Gasteiger partial charge in [-0.25, -0.2) is 0 Å². The van der Waals surface area contributed by atoms with E-state index in [2.05, 4.69) is 10.6 Å². The zero-order chi connectivity index (χ0) is 15.8. The molecule has 1 aromatic rings. The molecule has 0 saturated heterocycles. The van der Waals surface area contributed by atoms with Crippen molar-refractivity contribution in [2.45, 2.75) is 26.3 Å². The third-order valence-corrected chi connectivity index (χ3v) is 3.22. The Labute approximate surface area is 125 Å². The van der Waals surface area contributed by atoms with Crippen molar-refractivity contribution in [3.8, 4) is 0 Å². The topological polar surface area (TPSA) is 87.5 Å². The van der Waals surface area contributed by atoms with Gasteiger partial charge in [-0.1, -0.05) is 19.1 Å². The van der Waals surface area contributed by atoms with Crippen LogP contribution in [0.2, 0.25) is 0 Å². The Morgan fingerprint density at radius 3 is 2.62 bits per heavy atom. The molecule has 1 unspecified atom stereocenters. The largest absolute Gasteiger partial charge is 0.397 e. The van der Waals surface area contributed by atoms with Gasteiger partial charge in [0.05, 0.1) is 24.0 Å². The lowest BCUT2D eigenvalue weighted by Gasteiger charge is -2.23. The molecule has 2 amide bonds. The molecule has 0 spiro atoms. The lowest BCUT2D eigenvalue weighted by Crippen LogP contribution is -2.45. The number of carbonyl (C=O) groups is 2. The fourth-order valence-electron chi connectivity index (χ4n) is 1.73. The molecule has 6 heteroatoms. The summed E-state index contributed by atoms with van der Waals surface area (Å²) >= 11 is 0. The van der Waals surface area contributed by atoms with Crippen molar-refractivity contribution in [3.05, 3.63) is 24.3 Å². The Balaban J connectivity index is 2.53. The average Bonchev–Trinajstić information content (AvgIpc) is 2.46. The first kappa shape index (κ1) is 17.0. The molecule has 0 radical (unpaired) electrons. The highest BCUT2D eigenvalue weighted by molar-refractivity contribution is 5.97. The second kappa shape index (κ2) is 8.26.